The summed E-state index contributed by atoms with van der Waals surface area (Å²) in [6.07, 6.45) is 9.51. The molecule has 0 saturated heterocycles. The highest BCUT2D eigenvalue weighted by atomic mass is 16.5. The monoisotopic (exact) mass is 400 g/mol. The number of carbonyl (C=O) groups is 2. The maximum Gasteiger partial charge on any atom is 0.338 e. The van der Waals surface area contributed by atoms with Crippen LogP contribution in [-0.4, -0.2) is 30.7 Å². The van der Waals surface area contributed by atoms with E-state index in [4.69, 9.17) is 9.15 Å². The van der Waals surface area contributed by atoms with Crippen molar-refractivity contribution in [1.82, 2.24) is 10.6 Å². The van der Waals surface area contributed by atoms with Gasteiger partial charge in [-0.25, -0.2) is 9.59 Å². The van der Waals surface area contributed by atoms with Gasteiger partial charge in [0.25, 0.3) is 0 Å². The number of hydrogen-bond acceptors (Lipinski definition) is 4. The van der Waals surface area contributed by atoms with Crippen molar-refractivity contribution in [2.75, 3.05) is 13.2 Å². The Labute approximate surface area is 170 Å². The van der Waals surface area contributed by atoms with Gasteiger partial charge in [-0.3, -0.25) is 0 Å². The SMILES string of the molecule is CCOC(=O)C1=C(C[NH2+]C23CC4CC(CC(C4)C2)C3)NC(=O)N[C@H]1c1ccco1. The highest BCUT2D eigenvalue weighted by Crippen LogP contribution is 2.54. The molecule has 0 radical (unpaired) electrons. The summed E-state index contributed by atoms with van der Waals surface area (Å²) < 4.78 is 10.8. The number of nitrogens with two attached hydrogens (primary N) is 1. The van der Waals surface area contributed by atoms with E-state index in [0.717, 1.165) is 17.8 Å². The minimum Gasteiger partial charge on any atom is -0.467 e. The second-order valence-corrected chi connectivity index (χ2v) is 9.35. The molecule has 4 aliphatic carbocycles. The molecule has 0 unspecified atom stereocenters. The lowest BCUT2D eigenvalue weighted by atomic mass is 9.53. The summed E-state index contributed by atoms with van der Waals surface area (Å²) in [6, 6.07) is 2.59. The first-order chi connectivity index (χ1) is 14.0. The van der Waals surface area contributed by atoms with Gasteiger partial charge in [0.15, 0.2) is 0 Å². The molecule has 7 heteroatoms. The zero-order chi connectivity index (χ0) is 20.0. The first kappa shape index (κ1) is 18.7. The molecule has 156 valence electrons. The summed E-state index contributed by atoms with van der Waals surface area (Å²) in [5, 5.41) is 8.10. The van der Waals surface area contributed by atoms with Gasteiger partial charge >= 0.3 is 12.0 Å². The van der Waals surface area contributed by atoms with Crippen molar-refractivity contribution in [1.29, 1.82) is 0 Å². The van der Waals surface area contributed by atoms with Crippen molar-refractivity contribution < 1.29 is 24.1 Å². The number of furan rings is 1. The minimum atomic E-state index is -0.627. The van der Waals surface area contributed by atoms with Crippen LogP contribution in [0.25, 0.3) is 0 Å². The molecule has 1 atom stereocenters. The Morgan fingerprint density at radius 3 is 2.52 bits per heavy atom. The number of nitrogens with one attached hydrogen (secondary N) is 2. The summed E-state index contributed by atoms with van der Waals surface area (Å²) in [4.78, 5) is 25.2. The van der Waals surface area contributed by atoms with Gasteiger partial charge < -0.3 is 25.1 Å². The smallest absolute Gasteiger partial charge is 0.338 e. The zero-order valence-corrected chi connectivity index (χ0v) is 16.9. The van der Waals surface area contributed by atoms with Gasteiger partial charge in [-0.05, 0) is 56.1 Å². The number of urea groups is 1. The number of ether oxygens (including phenoxy) is 1. The van der Waals surface area contributed by atoms with Crippen molar-refractivity contribution in [3.8, 4) is 0 Å². The van der Waals surface area contributed by atoms with Gasteiger partial charge in [0.1, 0.15) is 18.3 Å². The number of hydrogen-bond donors (Lipinski definition) is 3. The molecule has 2 amide bonds. The fourth-order valence-electron chi connectivity index (χ4n) is 6.64. The Hall–Kier alpha value is -2.28. The van der Waals surface area contributed by atoms with Crippen LogP contribution in [0.4, 0.5) is 4.79 Å². The van der Waals surface area contributed by atoms with Crippen LogP contribution >= 0.6 is 0 Å². The largest absolute Gasteiger partial charge is 0.467 e. The predicted molar refractivity (Wildman–Crippen MR) is 104 cm³/mol. The van der Waals surface area contributed by atoms with E-state index in [1.807, 2.05) is 0 Å². The molecule has 0 spiro atoms. The van der Waals surface area contributed by atoms with E-state index in [9.17, 15) is 9.59 Å². The molecule has 1 aromatic rings. The molecule has 4 saturated carbocycles. The lowest BCUT2D eigenvalue weighted by Crippen LogP contribution is -2.99. The second kappa shape index (κ2) is 7.20. The van der Waals surface area contributed by atoms with Crippen LogP contribution in [0, 0.1) is 17.8 Å². The molecule has 0 aromatic carbocycles. The Morgan fingerprint density at radius 1 is 1.24 bits per heavy atom. The fraction of sp³-hybridized carbons (Fsp3) is 0.636. The van der Waals surface area contributed by atoms with E-state index in [0.29, 0.717) is 23.6 Å². The molecular formula is C22H30N3O4+. The third kappa shape index (κ3) is 3.45. The Morgan fingerprint density at radius 2 is 1.93 bits per heavy atom. The van der Waals surface area contributed by atoms with Crippen LogP contribution in [0.1, 0.15) is 57.3 Å². The Balaban J connectivity index is 1.42. The molecule has 4 fully saturated rings. The highest BCUT2D eigenvalue weighted by Gasteiger charge is 2.53. The van der Waals surface area contributed by atoms with Crippen LogP contribution in [0.15, 0.2) is 34.1 Å². The molecule has 2 heterocycles. The molecule has 6 rings (SSSR count). The third-order valence-corrected chi connectivity index (χ3v) is 7.30. The van der Waals surface area contributed by atoms with E-state index < -0.39 is 12.0 Å². The normalized spacial score (nSPS) is 35.4. The van der Waals surface area contributed by atoms with Gasteiger partial charge in [-0.1, -0.05) is 0 Å². The highest BCUT2D eigenvalue weighted by molar-refractivity contribution is 5.95. The van der Waals surface area contributed by atoms with Crippen LogP contribution < -0.4 is 16.0 Å². The third-order valence-electron chi connectivity index (χ3n) is 7.30. The Kier molecular flexibility index (Phi) is 4.65. The van der Waals surface area contributed by atoms with Crippen molar-refractivity contribution in [3.05, 3.63) is 35.4 Å². The van der Waals surface area contributed by atoms with Gasteiger partial charge in [-0.15, -0.1) is 0 Å². The van der Waals surface area contributed by atoms with E-state index in [2.05, 4.69) is 16.0 Å². The molecule has 4 bridgehead atoms. The topological polar surface area (TPSA) is 97.2 Å². The van der Waals surface area contributed by atoms with Crippen molar-refractivity contribution in [3.63, 3.8) is 0 Å². The number of esters is 1. The number of carbonyl (C=O) groups excluding carboxylic acids is 2. The molecule has 4 N–H and O–H groups in total. The second-order valence-electron chi connectivity index (χ2n) is 9.35. The maximum atomic E-state index is 12.8. The average molecular weight is 400 g/mol. The lowest BCUT2D eigenvalue weighted by molar-refractivity contribution is -0.733. The van der Waals surface area contributed by atoms with Crippen molar-refractivity contribution in [2.45, 2.75) is 57.0 Å². The average Bonchev–Trinajstić information content (AvgIpc) is 3.20. The summed E-state index contributed by atoms with van der Waals surface area (Å²) in [5.74, 6) is 2.70. The first-order valence-electron chi connectivity index (χ1n) is 10.9. The van der Waals surface area contributed by atoms with Gasteiger partial charge in [0.05, 0.1) is 29.7 Å². The first-order valence-corrected chi connectivity index (χ1v) is 10.9. The standard InChI is InChI=1S/C22H29N3O4/c1-2-28-20(26)18-16(24-21(27)25-19(18)17-4-3-5-29-17)12-23-22-9-13-6-14(10-22)8-15(7-13)11-22/h3-5,13-15,19,23H,2,6-12H2,1H3,(H2,24,25,27)/p+1/t13?,14?,15?,19-,22?/m0/s1. The Bertz CT molecular complexity index is 794. The molecule has 7 nitrogen and oxygen atoms in total. The van der Waals surface area contributed by atoms with Crippen LogP contribution in [-0.2, 0) is 9.53 Å². The van der Waals surface area contributed by atoms with Crippen LogP contribution in [0.5, 0.6) is 0 Å². The number of quaternary nitrogens is 1. The van der Waals surface area contributed by atoms with Gasteiger partial charge in [0, 0.05) is 19.3 Å². The number of rotatable bonds is 6. The summed E-state index contributed by atoms with van der Waals surface area (Å²) in [7, 11) is 0. The fourth-order valence-corrected chi connectivity index (χ4v) is 6.64. The minimum absolute atomic E-state index is 0.261. The van der Waals surface area contributed by atoms with E-state index >= 15 is 0 Å². The number of amides is 2. The van der Waals surface area contributed by atoms with Crippen LogP contribution in [0.3, 0.4) is 0 Å². The molecule has 5 aliphatic rings. The lowest BCUT2D eigenvalue weighted by Gasteiger charge is -2.54. The van der Waals surface area contributed by atoms with Gasteiger partial charge in [0.2, 0.25) is 0 Å². The van der Waals surface area contributed by atoms with E-state index in [1.165, 1.54) is 38.5 Å². The maximum absolute atomic E-state index is 12.8. The van der Waals surface area contributed by atoms with Crippen LogP contribution in [0.2, 0.25) is 0 Å². The molecule has 1 aliphatic heterocycles. The van der Waals surface area contributed by atoms with Crippen molar-refractivity contribution >= 4 is 12.0 Å². The zero-order valence-electron chi connectivity index (χ0n) is 16.9. The summed E-state index contributed by atoms with van der Waals surface area (Å²) in [5.41, 5.74) is 1.35. The van der Waals surface area contributed by atoms with E-state index in [1.54, 1.807) is 25.3 Å². The quantitative estimate of drug-likeness (QED) is 0.636. The molecule has 29 heavy (non-hydrogen) atoms. The van der Waals surface area contributed by atoms with Crippen molar-refractivity contribution in [2.24, 2.45) is 17.8 Å². The van der Waals surface area contributed by atoms with E-state index in [-0.39, 0.29) is 18.2 Å². The predicted octanol–water partition coefficient (Wildman–Crippen LogP) is 1.98. The summed E-state index contributed by atoms with van der Waals surface area (Å²) >= 11 is 0. The molecular weight excluding hydrogens is 370 g/mol. The molecule has 1 aromatic heterocycles. The van der Waals surface area contributed by atoms with Gasteiger partial charge in [-0.2, -0.15) is 0 Å². The summed E-state index contributed by atoms with van der Waals surface area (Å²) in [6.45, 7) is 2.65.